The van der Waals surface area contributed by atoms with E-state index < -0.39 is 23.4 Å². The minimum Gasteiger partial charge on any atom is -0.496 e. The number of carbonyl (C=O) groups is 3. The molecule has 42 heavy (non-hydrogen) atoms. The van der Waals surface area contributed by atoms with Crippen molar-refractivity contribution in [2.75, 3.05) is 17.3 Å². The van der Waals surface area contributed by atoms with Crippen molar-refractivity contribution in [2.24, 2.45) is 5.92 Å². The average Bonchev–Trinajstić information content (AvgIpc) is 3.49. The first-order valence-corrected chi connectivity index (χ1v) is 14.7. The molecular formula is C34H24BrClN2O4. The zero-order chi connectivity index (χ0) is 29.2. The molecule has 3 aliphatic rings. The Kier molecular flexibility index (Phi) is 6.33. The Morgan fingerprint density at radius 1 is 0.929 bits per heavy atom. The number of amides is 1. The highest BCUT2D eigenvalue weighted by molar-refractivity contribution is 9.10. The quantitative estimate of drug-likeness (QED) is 0.239. The van der Waals surface area contributed by atoms with Crippen molar-refractivity contribution in [1.82, 2.24) is 0 Å². The van der Waals surface area contributed by atoms with Crippen LogP contribution in [0.2, 0.25) is 5.02 Å². The maximum atomic E-state index is 14.8. The predicted octanol–water partition coefficient (Wildman–Crippen LogP) is 6.97. The van der Waals surface area contributed by atoms with Crippen molar-refractivity contribution in [3.05, 3.63) is 129 Å². The third-order valence-corrected chi connectivity index (χ3v) is 9.53. The number of nitrogens with one attached hydrogen (secondary N) is 1. The van der Waals surface area contributed by atoms with Gasteiger partial charge in [0.25, 0.3) is 0 Å². The fourth-order valence-electron chi connectivity index (χ4n) is 6.90. The molecule has 4 aromatic carbocycles. The van der Waals surface area contributed by atoms with Crippen LogP contribution >= 0.6 is 27.5 Å². The summed E-state index contributed by atoms with van der Waals surface area (Å²) in [4.78, 5) is 45.9. The van der Waals surface area contributed by atoms with Gasteiger partial charge >= 0.3 is 0 Å². The van der Waals surface area contributed by atoms with Gasteiger partial charge in [-0.1, -0.05) is 60.2 Å². The molecule has 208 valence electrons. The molecule has 4 aromatic rings. The Hall–Kier alpha value is -4.20. The first-order chi connectivity index (χ1) is 20.4. The first-order valence-electron chi connectivity index (χ1n) is 13.5. The number of para-hydroxylation sites is 2. The van der Waals surface area contributed by atoms with Gasteiger partial charge in [-0.05, 0) is 81.7 Å². The lowest BCUT2D eigenvalue weighted by molar-refractivity contribution is -0.121. The molecule has 7 rings (SSSR count). The van der Waals surface area contributed by atoms with Crippen molar-refractivity contribution < 1.29 is 19.1 Å². The zero-order valence-electron chi connectivity index (χ0n) is 22.4. The summed E-state index contributed by atoms with van der Waals surface area (Å²) in [7, 11) is 1.56. The number of Topliss-reactive ketones (excluding diaryl/α,β-unsaturated/α-hetero) is 2. The van der Waals surface area contributed by atoms with Crippen LogP contribution in [0.25, 0.3) is 6.08 Å². The highest BCUT2D eigenvalue weighted by Crippen LogP contribution is 2.58. The van der Waals surface area contributed by atoms with Gasteiger partial charge in [0.1, 0.15) is 17.2 Å². The Morgan fingerprint density at radius 2 is 1.64 bits per heavy atom. The molecule has 0 bridgehead atoms. The van der Waals surface area contributed by atoms with Crippen molar-refractivity contribution >= 4 is 62.5 Å². The summed E-state index contributed by atoms with van der Waals surface area (Å²) in [6.45, 7) is 0. The van der Waals surface area contributed by atoms with Crippen molar-refractivity contribution in [1.29, 1.82) is 0 Å². The summed E-state index contributed by atoms with van der Waals surface area (Å²) in [5.74, 6) is -1.35. The van der Waals surface area contributed by atoms with Gasteiger partial charge in [-0.3, -0.25) is 14.4 Å². The minimum absolute atomic E-state index is 0.269. The lowest BCUT2D eigenvalue weighted by atomic mass is 9.64. The number of ether oxygens (including phenoxy) is 1. The highest BCUT2D eigenvalue weighted by atomic mass is 79.9. The number of methoxy groups -OCH3 is 1. The van der Waals surface area contributed by atoms with Gasteiger partial charge in [-0.15, -0.1) is 0 Å². The van der Waals surface area contributed by atoms with Crippen LogP contribution in [0, 0.1) is 5.92 Å². The van der Waals surface area contributed by atoms with Gasteiger partial charge in [0.2, 0.25) is 5.91 Å². The molecule has 0 aromatic heterocycles. The number of ketones is 2. The van der Waals surface area contributed by atoms with Crippen LogP contribution in [0.5, 0.6) is 5.75 Å². The second-order valence-electron chi connectivity index (χ2n) is 10.6. The second kappa shape index (κ2) is 9.96. The van der Waals surface area contributed by atoms with E-state index in [2.05, 4.69) is 21.2 Å². The topological polar surface area (TPSA) is 75.7 Å². The Labute approximate surface area is 256 Å². The lowest BCUT2D eigenvalue weighted by Gasteiger charge is -2.37. The molecule has 3 heterocycles. The SMILES string of the molecule is COc1ccc(C(=O)[C@@H]2[C@H](C(=O)c3ccc(Cl)cc3)[C@@]3(C(=O)Nc4ccccc43)[C@H]3C=Cc4ccccc4N23)cc1Br. The fraction of sp³-hybridized carbons (Fsp3) is 0.147. The summed E-state index contributed by atoms with van der Waals surface area (Å²) < 4.78 is 6.01. The number of nitrogens with zero attached hydrogens (tertiary/aromatic N) is 1. The Bertz CT molecular complexity index is 1820. The molecule has 1 N–H and O–H groups in total. The predicted molar refractivity (Wildman–Crippen MR) is 167 cm³/mol. The lowest BCUT2D eigenvalue weighted by Crippen LogP contribution is -2.51. The molecule has 3 aliphatic heterocycles. The van der Waals surface area contributed by atoms with E-state index >= 15 is 0 Å². The molecule has 1 saturated heterocycles. The maximum absolute atomic E-state index is 14.8. The van der Waals surface area contributed by atoms with Crippen molar-refractivity contribution in [3.63, 3.8) is 0 Å². The van der Waals surface area contributed by atoms with Crippen LogP contribution in [0.4, 0.5) is 11.4 Å². The molecule has 0 aliphatic carbocycles. The number of fused-ring (bicyclic) bond motifs is 6. The summed E-state index contributed by atoms with van der Waals surface area (Å²) in [6, 6.07) is 25.3. The third-order valence-electron chi connectivity index (χ3n) is 8.66. The van der Waals surface area contributed by atoms with E-state index in [0.29, 0.717) is 37.6 Å². The molecule has 0 radical (unpaired) electrons. The molecule has 1 fully saturated rings. The summed E-state index contributed by atoms with van der Waals surface area (Å²) in [6.07, 6.45) is 3.94. The third kappa shape index (κ3) is 3.73. The van der Waals surface area contributed by atoms with Crippen LogP contribution in [0.3, 0.4) is 0 Å². The van der Waals surface area contributed by atoms with E-state index in [1.807, 2.05) is 65.6 Å². The number of rotatable bonds is 5. The van der Waals surface area contributed by atoms with Crippen LogP contribution in [0.1, 0.15) is 31.8 Å². The molecule has 1 amide bonds. The number of anilines is 2. The van der Waals surface area contributed by atoms with Gasteiger partial charge in [0, 0.05) is 27.5 Å². The Balaban J connectivity index is 1.52. The molecule has 8 heteroatoms. The monoisotopic (exact) mass is 638 g/mol. The van der Waals surface area contributed by atoms with E-state index in [9.17, 15) is 14.4 Å². The maximum Gasteiger partial charge on any atom is 0.238 e. The zero-order valence-corrected chi connectivity index (χ0v) is 24.7. The number of hydrogen-bond donors (Lipinski definition) is 1. The van der Waals surface area contributed by atoms with Gasteiger partial charge in [-0.25, -0.2) is 0 Å². The average molecular weight is 640 g/mol. The van der Waals surface area contributed by atoms with Crippen LogP contribution < -0.4 is 15.0 Å². The largest absolute Gasteiger partial charge is 0.496 e. The number of hydrogen-bond acceptors (Lipinski definition) is 5. The molecule has 1 spiro atoms. The van der Waals surface area contributed by atoms with E-state index in [1.54, 1.807) is 49.6 Å². The highest BCUT2D eigenvalue weighted by Gasteiger charge is 2.70. The van der Waals surface area contributed by atoms with Gasteiger partial charge in [0.05, 0.1) is 23.5 Å². The number of benzene rings is 4. The molecule has 4 atom stereocenters. The number of halogens is 2. The van der Waals surface area contributed by atoms with E-state index in [-0.39, 0.29) is 17.5 Å². The first kappa shape index (κ1) is 26.7. The Morgan fingerprint density at radius 3 is 2.40 bits per heavy atom. The van der Waals surface area contributed by atoms with Gasteiger partial charge in [-0.2, -0.15) is 0 Å². The van der Waals surface area contributed by atoms with E-state index in [1.165, 1.54) is 0 Å². The smallest absolute Gasteiger partial charge is 0.238 e. The van der Waals surface area contributed by atoms with Crippen molar-refractivity contribution in [2.45, 2.75) is 17.5 Å². The molecule has 6 nitrogen and oxygen atoms in total. The number of carbonyl (C=O) groups excluding carboxylic acids is 3. The normalized spacial score (nSPS) is 23.3. The van der Waals surface area contributed by atoms with Gasteiger partial charge in [0.15, 0.2) is 11.6 Å². The van der Waals surface area contributed by atoms with E-state index in [0.717, 1.165) is 11.3 Å². The summed E-state index contributed by atoms with van der Waals surface area (Å²) in [5, 5.41) is 3.54. The van der Waals surface area contributed by atoms with E-state index in [4.69, 9.17) is 16.3 Å². The standard InChI is InChI=1S/C34H24BrClN2O4/c1-42-27-16-12-21(18-24(27)35)32(40)30-29(31(39)20-10-14-22(36)15-11-20)34(23-7-3-4-8-25(23)37-33(34)41)28-17-13-19-6-2-5-9-26(19)38(28)30/h2-18,28-30H,1H3,(H,37,41)/t28-,29-,30+,34+/m1/s1. The second-order valence-corrected chi connectivity index (χ2v) is 11.9. The summed E-state index contributed by atoms with van der Waals surface area (Å²) in [5.41, 5.74) is 2.45. The molecular weight excluding hydrogens is 616 g/mol. The minimum atomic E-state index is -1.37. The van der Waals surface area contributed by atoms with Crippen molar-refractivity contribution in [3.8, 4) is 5.75 Å². The van der Waals surface area contributed by atoms with Crippen LogP contribution in [0.15, 0.2) is 102 Å². The molecule has 0 unspecified atom stereocenters. The fourth-order valence-corrected chi connectivity index (χ4v) is 7.57. The molecule has 0 saturated carbocycles. The van der Waals surface area contributed by atoms with Gasteiger partial charge < -0.3 is 15.0 Å². The van der Waals surface area contributed by atoms with Crippen LogP contribution in [-0.4, -0.2) is 36.7 Å². The summed E-state index contributed by atoms with van der Waals surface area (Å²) >= 11 is 9.69. The van der Waals surface area contributed by atoms with Crippen LogP contribution in [-0.2, 0) is 10.2 Å².